The molecule has 0 aliphatic carbocycles. The molecule has 5 nitrogen and oxygen atoms in total. The normalized spacial score (nSPS) is 11.1. The van der Waals surface area contributed by atoms with Gasteiger partial charge in [0.15, 0.2) is 9.84 Å². The Hall–Kier alpha value is -2.41. The highest BCUT2D eigenvalue weighted by Crippen LogP contribution is 2.28. The number of halogens is 1. The van der Waals surface area contributed by atoms with Gasteiger partial charge < -0.3 is 9.47 Å². The lowest BCUT2D eigenvalue weighted by molar-refractivity contribution is 0.0597. The van der Waals surface area contributed by atoms with E-state index in [-0.39, 0.29) is 16.9 Å². The van der Waals surface area contributed by atoms with Crippen LogP contribution in [-0.2, 0) is 20.3 Å². The second-order valence-electron chi connectivity index (χ2n) is 4.68. The molecule has 0 N–H and O–H groups in total. The Labute approximate surface area is 133 Å². The summed E-state index contributed by atoms with van der Waals surface area (Å²) in [5, 5.41) is 0. The van der Waals surface area contributed by atoms with Crippen molar-refractivity contribution in [2.24, 2.45) is 0 Å². The molecule has 0 spiro atoms. The zero-order valence-electron chi connectivity index (χ0n) is 12.6. The number of ether oxygens (including phenoxy) is 2. The molecule has 0 saturated heterocycles. The van der Waals surface area contributed by atoms with Crippen molar-refractivity contribution in [3.05, 3.63) is 59.4 Å². The molecule has 0 heterocycles. The number of carbonyl (C=O) groups is 1. The lowest BCUT2D eigenvalue weighted by atomic mass is 10.1. The standard InChI is InChI=1S/C16H15FO5S/c1-21-15-11(6-5-7-12(15)16(18)22-2)10-23(19,20)14-9-4-3-8-13(14)17/h3-9H,10H2,1-2H3. The molecule has 0 fully saturated rings. The summed E-state index contributed by atoms with van der Waals surface area (Å²) in [4.78, 5) is 11.3. The van der Waals surface area contributed by atoms with Crippen LogP contribution in [0.15, 0.2) is 47.4 Å². The fraction of sp³-hybridized carbons (Fsp3) is 0.188. The summed E-state index contributed by atoms with van der Waals surface area (Å²) >= 11 is 0. The van der Waals surface area contributed by atoms with Crippen molar-refractivity contribution in [2.45, 2.75) is 10.6 Å². The van der Waals surface area contributed by atoms with Crippen LogP contribution < -0.4 is 4.74 Å². The molecule has 0 aliphatic rings. The minimum Gasteiger partial charge on any atom is -0.496 e. The fourth-order valence-electron chi connectivity index (χ4n) is 2.19. The monoisotopic (exact) mass is 338 g/mol. The average molecular weight is 338 g/mol. The molecule has 0 atom stereocenters. The van der Waals surface area contributed by atoms with Gasteiger partial charge in [0.1, 0.15) is 22.0 Å². The molecule has 2 aromatic carbocycles. The summed E-state index contributed by atoms with van der Waals surface area (Å²) in [7, 11) is -1.40. The SMILES string of the molecule is COC(=O)c1cccc(CS(=O)(=O)c2ccccc2F)c1OC. The number of benzene rings is 2. The van der Waals surface area contributed by atoms with Gasteiger partial charge in [-0.15, -0.1) is 0 Å². The molecule has 0 bridgehead atoms. The molecule has 0 aromatic heterocycles. The molecule has 23 heavy (non-hydrogen) atoms. The summed E-state index contributed by atoms with van der Waals surface area (Å²) < 4.78 is 48.4. The Morgan fingerprint density at radius 2 is 1.78 bits per heavy atom. The summed E-state index contributed by atoms with van der Waals surface area (Å²) in [6, 6.07) is 9.61. The molecular weight excluding hydrogens is 323 g/mol. The Balaban J connectivity index is 2.48. The van der Waals surface area contributed by atoms with Crippen LogP contribution in [0.5, 0.6) is 5.75 Å². The topological polar surface area (TPSA) is 69.7 Å². The predicted molar refractivity (Wildman–Crippen MR) is 81.6 cm³/mol. The maximum atomic E-state index is 13.7. The van der Waals surface area contributed by atoms with Crippen LogP contribution in [0.25, 0.3) is 0 Å². The van der Waals surface area contributed by atoms with E-state index in [1.54, 1.807) is 0 Å². The second kappa shape index (κ2) is 6.78. The van der Waals surface area contributed by atoms with E-state index < -0.39 is 32.3 Å². The number of hydrogen-bond donors (Lipinski definition) is 0. The third-order valence-electron chi connectivity index (χ3n) is 3.22. The maximum absolute atomic E-state index is 13.7. The van der Waals surface area contributed by atoms with Crippen LogP contribution in [-0.4, -0.2) is 28.6 Å². The van der Waals surface area contributed by atoms with Crippen LogP contribution in [0, 0.1) is 5.82 Å². The highest BCUT2D eigenvalue weighted by Gasteiger charge is 2.24. The molecule has 2 aromatic rings. The largest absolute Gasteiger partial charge is 0.496 e. The first-order chi connectivity index (χ1) is 10.9. The molecular formula is C16H15FO5S. The van der Waals surface area contributed by atoms with E-state index in [0.717, 1.165) is 6.07 Å². The van der Waals surface area contributed by atoms with Crippen LogP contribution in [0.1, 0.15) is 15.9 Å². The van der Waals surface area contributed by atoms with E-state index in [2.05, 4.69) is 4.74 Å². The van der Waals surface area contributed by atoms with Crippen molar-refractivity contribution in [3.63, 3.8) is 0 Å². The van der Waals surface area contributed by atoms with Crippen LogP contribution >= 0.6 is 0 Å². The minimum atomic E-state index is -3.93. The third kappa shape index (κ3) is 3.50. The smallest absolute Gasteiger partial charge is 0.341 e. The van der Waals surface area contributed by atoms with Gasteiger partial charge in [-0.25, -0.2) is 17.6 Å². The Bertz CT molecular complexity index is 830. The van der Waals surface area contributed by atoms with Crippen molar-refractivity contribution in [1.82, 2.24) is 0 Å². The molecule has 0 radical (unpaired) electrons. The number of methoxy groups -OCH3 is 2. The second-order valence-corrected chi connectivity index (χ2v) is 6.64. The van der Waals surface area contributed by atoms with E-state index in [1.807, 2.05) is 0 Å². The first-order valence-corrected chi connectivity index (χ1v) is 8.27. The Kier molecular flexibility index (Phi) is 5.00. The van der Waals surface area contributed by atoms with Gasteiger partial charge in [-0.1, -0.05) is 24.3 Å². The van der Waals surface area contributed by atoms with E-state index in [4.69, 9.17) is 4.74 Å². The molecule has 0 aliphatic heterocycles. The van der Waals surface area contributed by atoms with E-state index in [0.29, 0.717) is 0 Å². The number of sulfone groups is 1. The zero-order chi connectivity index (χ0) is 17.0. The van der Waals surface area contributed by atoms with Gasteiger partial charge in [-0.05, 0) is 18.2 Å². The summed E-state index contributed by atoms with van der Waals surface area (Å²) in [5.41, 5.74) is 0.356. The molecule has 7 heteroatoms. The van der Waals surface area contributed by atoms with Gasteiger partial charge in [-0.3, -0.25) is 0 Å². The highest BCUT2D eigenvalue weighted by molar-refractivity contribution is 7.90. The number of carbonyl (C=O) groups excluding carboxylic acids is 1. The van der Waals surface area contributed by atoms with Crippen LogP contribution in [0.2, 0.25) is 0 Å². The van der Waals surface area contributed by atoms with E-state index in [9.17, 15) is 17.6 Å². The molecule has 2 rings (SSSR count). The average Bonchev–Trinajstić information content (AvgIpc) is 2.53. The van der Waals surface area contributed by atoms with E-state index in [1.165, 1.54) is 50.6 Å². The van der Waals surface area contributed by atoms with Gasteiger partial charge in [0, 0.05) is 5.56 Å². The van der Waals surface area contributed by atoms with Crippen LogP contribution in [0.4, 0.5) is 4.39 Å². The first kappa shape index (κ1) is 17.0. The van der Waals surface area contributed by atoms with E-state index >= 15 is 0 Å². The summed E-state index contributed by atoms with van der Waals surface area (Å²) in [6.07, 6.45) is 0. The fourth-order valence-corrected chi connectivity index (χ4v) is 3.63. The number of esters is 1. The van der Waals surface area contributed by atoms with Gasteiger partial charge in [0.25, 0.3) is 0 Å². The van der Waals surface area contributed by atoms with Gasteiger partial charge in [-0.2, -0.15) is 0 Å². The molecule has 0 amide bonds. The predicted octanol–water partition coefficient (Wildman–Crippen LogP) is 2.59. The molecule has 0 unspecified atom stereocenters. The highest BCUT2D eigenvalue weighted by atomic mass is 32.2. The summed E-state index contributed by atoms with van der Waals surface area (Å²) in [5.74, 6) is -1.87. The lowest BCUT2D eigenvalue weighted by Crippen LogP contribution is -2.11. The molecule has 122 valence electrons. The van der Waals surface area contributed by atoms with Crippen molar-refractivity contribution in [2.75, 3.05) is 14.2 Å². The minimum absolute atomic E-state index is 0.0965. The quantitative estimate of drug-likeness (QED) is 0.784. The van der Waals surface area contributed by atoms with Crippen molar-refractivity contribution in [1.29, 1.82) is 0 Å². The third-order valence-corrected chi connectivity index (χ3v) is 4.92. The number of hydrogen-bond acceptors (Lipinski definition) is 5. The lowest BCUT2D eigenvalue weighted by Gasteiger charge is -2.13. The van der Waals surface area contributed by atoms with Gasteiger partial charge in [0.05, 0.1) is 20.0 Å². The van der Waals surface area contributed by atoms with Gasteiger partial charge in [0.2, 0.25) is 0 Å². The zero-order valence-corrected chi connectivity index (χ0v) is 13.4. The first-order valence-electron chi connectivity index (χ1n) is 6.62. The van der Waals surface area contributed by atoms with Gasteiger partial charge >= 0.3 is 5.97 Å². The molecule has 0 saturated carbocycles. The Morgan fingerprint density at radius 1 is 1.09 bits per heavy atom. The number of para-hydroxylation sites is 1. The van der Waals surface area contributed by atoms with Crippen molar-refractivity contribution >= 4 is 15.8 Å². The maximum Gasteiger partial charge on any atom is 0.341 e. The van der Waals surface area contributed by atoms with Crippen LogP contribution in [0.3, 0.4) is 0 Å². The van der Waals surface area contributed by atoms with Crippen molar-refractivity contribution in [3.8, 4) is 5.75 Å². The number of rotatable bonds is 5. The summed E-state index contributed by atoms with van der Waals surface area (Å²) in [6.45, 7) is 0. The Morgan fingerprint density at radius 3 is 2.39 bits per heavy atom. The van der Waals surface area contributed by atoms with Crippen molar-refractivity contribution < 1.29 is 27.1 Å².